The highest BCUT2D eigenvalue weighted by molar-refractivity contribution is 7.99. The zero-order valence-corrected chi connectivity index (χ0v) is 12.5. The maximum atomic E-state index is 3.54. The van der Waals surface area contributed by atoms with E-state index in [4.69, 9.17) is 0 Å². The van der Waals surface area contributed by atoms with Gasteiger partial charge >= 0.3 is 0 Å². The maximum Gasteiger partial charge on any atom is 0.0396 e. The Bertz CT molecular complexity index is 392. The molecule has 1 aliphatic rings. The maximum absolute atomic E-state index is 3.54. The number of aryl methyl sites for hydroxylation is 1. The molecule has 1 aliphatic heterocycles. The van der Waals surface area contributed by atoms with Gasteiger partial charge in [-0.25, -0.2) is 0 Å². The van der Waals surface area contributed by atoms with E-state index in [0.29, 0.717) is 5.25 Å². The summed E-state index contributed by atoms with van der Waals surface area (Å²) in [6, 6.07) is 6.92. The number of hydrogen-bond donors (Lipinski definition) is 1. The summed E-state index contributed by atoms with van der Waals surface area (Å²) in [4.78, 5) is 2.37. The van der Waals surface area contributed by atoms with Crippen LogP contribution < -0.4 is 10.2 Å². The molecule has 1 aromatic rings. The van der Waals surface area contributed by atoms with Crippen molar-refractivity contribution in [3.05, 3.63) is 29.3 Å². The van der Waals surface area contributed by atoms with Crippen LogP contribution in [0.25, 0.3) is 0 Å². The van der Waals surface area contributed by atoms with Crippen LogP contribution >= 0.6 is 11.8 Å². The first-order valence-electron chi connectivity index (χ1n) is 6.77. The van der Waals surface area contributed by atoms with E-state index in [1.165, 1.54) is 36.2 Å². The Kier molecular flexibility index (Phi) is 4.95. The van der Waals surface area contributed by atoms with Crippen molar-refractivity contribution in [1.29, 1.82) is 0 Å². The molecule has 3 heteroatoms. The van der Waals surface area contributed by atoms with Crippen LogP contribution in [0.2, 0.25) is 0 Å². The van der Waals surface area contributed by atoms with Crippen molar-refractivity contribution < 1.29 is 0 Å². The van der Waals surface area contributed by atoms with Crippen LogP contribution in [0, 0.1) is 0 Å². The molecule has 1 N–H and O–H groups in total. The number of thioether (sulfide) groups is 1. The number of benzene rings is 1. The normalized spacial score (nSPS) is 16.5. The van der Waals surface area contributed by atoms with E-state index in [1.807, 2.05) is 11.8 Å². The lowest BCUT2D eigenvalue weighted by Gasteiger charge is -2.27. The van der Waals surface area contributed by atoms with Crippen LogP contribution in [-0.4, -0.2) is 31.6 Å². The summed E-state index contributed by atoms with van der Waals surface area (Å²) in [5.74, 6) is 0. The van der Waals surface area contributed by atoms with Crippen LogP contribution in [0.1, 0.15) is 24.5 Å². The first-order chi connectivity index (χ1) is 8.70. The van der Waals surface area contributed by atoms with E-state index in [1.54, 1.807) is 0 Å². The smallest absolute Gasteiger partial charge is 0.0396 e. The Hall–Kier alpha value is -0.670. The number of fused-ring (bicyclic) bond motifs is 1. The topological polar surface area (TPSA) is 15.3 Å². The molecule has 1 unspecified atom stereocenters. The molecule has 1 aromatic carbocycles. The fourth-order valence-electron chi connectivity index (χ4n) is 2.45. The number of hydrogen-bond acceptors (Lipinski definition) is 3. The third kappa shape index (κ3) is 3.42. The lowest BCUT2D eigenvalue weighted by atomic mass is 9.99. The quantitative estimate of drug-likeness (QED) is 0.880. The minimum atomic E-state index is 0.689. The molecule has 0 amide bonds. The molecule has 0 aliphatic carbocycles. The van der Waals surface area contributed by atoms with Gasteiger partial charge in [-0.3, -0.25) is 0 Å². The summed E-state index contributed by atoms with van der Waals surface area (Å²) >= 11 is 1.91. The largest absolute Gasteiger partial charge is 0.374 e. The van der Waals surface area contributed by atoms with E-state index in [0.717, 1.165) is 13.1 Å². The SMILES string of the molecule is CSC(C)CNCc1ccc2c(c1)CCCN2C. The second-order valence-corrected chi connectivity index (χ2v) is 6.44. The minimum Gasteiger partial charge on any atom is -0.374 e. The Labute approximate surface area is 115 Å². The summed E-state index contributed by atoms with van der Waals surface area (Å²) in [6.07, 6.45) is 4.68. The highest BCUT2D eigenvalue weighted by Gasteiger charge is 2.13. The zero-order chi connectivity index (χ0) is 13.0. The van der Waals surface area contributed by atoms with Crippen molar-refractivity contribution in [2.24, 2.45) is 0 Å². The zero-order valence-electron chi connectivity index (χ0n) is 11.7. The average Bonchev–Trinajstić information content (AvgIpc) is 2.38. The summed E-state index contributed by atoms with van der Waals surface area (Å²) in [5, 5.41) is 4.22. The fourth-order valence-corrected chi connectivity index (χ4v) is 2.74. The lowest BCUT2D eigenvalue weighted by molar-refractivity contribution is 0.681. The third-order valence-corrected chi connectivity index (χ3v) is 4.63. The first-order valence-corrected chi connectivity index (χ1v) is 8.06. The number of nitrogens with zero attached hydrogens (tertiary/aromatic N) is 1. The van der Waals surface area contributed by atoms with Crippen LogP contribution in [0.5, 0.6) is 0 Å². The average molecular weight is 264 g/mol. The van der Waals surface area contributed by atoms with Crippen LogP contribution in [0.4, 0.5) is 5.69 Å². The van der Waals surface area contributed by atoms with Crippen molar-refractivity contribution in [1.82, 2.24) is 5.32 Å². The third-order valence-electron chi connectivity index (χ3n) is 3.66. The molecule has 0 fully saturated rings. The molecule has 2 nitrogen and oxygen atoms in total. The molecular weight excluding hydrogens is 240 g/mol. The van der Waals surface area contributed by atoms with Gasteiger partial charge in [0.15, 0.2) is 0 Å². The lowest BCUT2D eigenvalue weighted by Crippen LogP contribution is -2.25. The predicted octanol–water partition coefficient (Wildman–Crippen LogP) is 2.91. The predicted molar refractivity (Wildman–Crippen MR) is 82.7 cm³/mol. The van der Waals surface area contributed by atoms with Gasteiger partial charge in [-0.2, -0.15) is 11.8 Å². The van der Waals surface area contributed by atoms with Gasteiger partial charge in [0.1, 0.15) is 0 Å². The fraction of sp³-hybridized carbons (Fsp3) is 0.600. The van der Waals surface area contributed by atoms with Crippen molar-refractivity contribution in [3.63, 3.8) is 0 Å². The first kappa shape index (κ1) is 13.8. The monoisotopic (exact) mass is 264 g/mol. The molecule has 2 rings (SSSR count). The van der Waals surface area contributed by atoms with Gasteiger partial charge < -0.3 is 10.2 Å². The number of nitrogens with one attached hydrogen (secondary N) is 1. The van der Waals surface area contributed by atoms with E-state index >= 15 is 0 Å². The molecule has 0 bridgehead atoms. The number of anilines is 1. The standard InChI is InChI=1S/C15H24N2S/c1-12(18-3)10-16-11-13-6-7-15-14(9-13)5-4-8-17(15)2/h6-7,9,12,16H,4-5,8,10-11H2,1-3H3. The molecule has 0 aromatic heterocycles. The van der Waals surface area contributed by atoms with Crippen molar-refractivity contribution in [3.8, 4) is 0 Å². The Balaban J connectivity index is 1.94. The van der Waals surface area contributed by atoms with Crippen molar-refractivity contribution in [2.45, 2.75) is 31.6 Å². The molecule has 0 saturated carbocycles. The summed E-state index contributed by atoms with van der Waals surface area (Å²) in [6.45, 7) is 5.52. The summed E-state index contributed by atoms with van der Waals surface area (Å²) < 4.78 is 0. The van der Waals surface area contributed by atoms with E-state index < -0.39 is 0 Å². The molecule has 0 spiro atoms. The van der Waals surface area contributed by atoms with Crippen LogP contribution in [0.3, 0.4) is 0 Å². The highest BCUT2D eigenvalue weighted by atomic mass is 32.2. The van der Waals surface area contributed by atoms with Crippen molar-refractivity contribution >= 4 is 17.4 Å². The van der Waals surface area contributed by atoms with Crippen LogP contribution in [0.15, 0.2) is 18.2 Å². The molecule has 0 radical (unpaired) electrons. The second-order valence-electron chi connectivity index (χ2n) is 5.17. The van der Waals surface area contributed by atoms with Gasteiger partial charge in [0, 0.05) is 37.6 Å². The Morgan fingerprint density at radius 2 is 2.28 bits per heavy atom. The molecule has 0 saturated heterocycles. The van der Waals surface area contributed by atoms with Crippen molar-refractivity contribution in [2.75, 3.05) is 31.3 Å². The molecule has 18 heavy (non-hydrogen) atoms. The van der Waals surface area contributed by atoms with E-state index in [9.17, 15) is 0 Å². The summed E-state index contributed by atoms with van der Waals surface area (Å²) in [5.41, 5.74) is 4.35. The molecular formula is C15H24N2S. The molecule has 1 atom stereocenters. The van der Waals surface area contributed by atoms with Gasteiger partial charge in [0.05, 0.1) is 0 Å². The summed E-state index contributed by atoms with van der Waals surface area (Å²) in [7, 11) is 2.19. The van der Waals surface area contributed by atoms with Crippen LogP contribution in [-0.2, 0) is 13.0 Å². The van der Waals surface area contributed by atoms with E-state index in [-0.39, 0.29) is 0 Å². The molecule has 100 valence electrons. The van der Waals surface area contributed by atoms with Gasteiger partial charge in [0.2, 0.25) is 0 Å². The minimum absolute atomic E-state index is 0.689. The Morgan fingerprint density at radius 3 is 3.06 bits per heavy atom. The Morgan fingerprint density at radius 1 is 1.44 bits per heavy atom. The highest BCUT2D eigenvalue weighted by Crippen LogP contribution is 2.26. The van der Waals surface area contributed by atoms with Gasteiger partial charge in [-0.15, -0.1) is 0 Å². The van der Waals surface area contributed by atoms with Gasteiger partial charge in [0.25, 0.3) is 0 Å². The second kappa shape index (κ2) is 6.48. The van der Waals surface area contributed by atoms with E-state index in [2.05, 4.69) is 48.6 Å². The number of rotatable bonds is 5. The van der Waals surface area contributed by atoms with Gasteiger partial charge in [-0.05, 0) is 36.3 Å². The molecule has 1 heterocycles. The van der Waals surface area contributed by atoms with Gasteiger partial charge in [-0.1, -0.05) is 19.1 Å².